The standard InChI is InChI=1S/C7H9FN2O3/c1-10-3-4(2-9-10)6(11)5(8)7(12)13/h2-3,5-6,11H,1H3,(H,12,13). The zero-order valence-electron chi connectivity index (χ0n) is 6.88. The van der Waals surface area contributed by atoms with Crippen LogP contribution in [0.3, 0.4) is 0 Å². The van der Waals surface area contributed by atoms with Crippen molar-refractivity contribution in [3.05, 3.63) is 18.0 Å². The summed E-state index contributed by atoms with van der Waals surface area (Å²) >= 11 is 0. The van der Waals surface area contributed by atoms with Crippen LogP contribution in [0.4, 0.5) is 4.39 Å². The van der Waals surface area contributed by atoms with Gasteiger partial charge in [0.15, 0.2) is 0 Å². The number of rotatable bonds is 3. The van der Waals surface area contributed by atoms with Crippen LogP contribution >= 0.6 is 0 Å². The summed E-state index contributed by atoms with van der Waals surface area (Å²) in [4.78, 5) is 10.2. The molecular weight excluding hydrogens is 179 g/mol. The Kier molecular flexibility index (Phi) is 2.62. The van der Waals surface area contributed by atoms with Crippen molar-refractivity contribution in [2.75, 3.05) is 0 Å². The molecule has 0 spiro atoms. The van der Waals surface area contributed by atoms with Crippen molar-refractivity contribution >= 4 is 5.97 Å². The number of carboxylic acids is 1. The number of carboxylic acid groups (broad SMARTS) is 1. The van der Waals surface area contributed by atoms with Crippen molar-refractivity contribution in [3.63, 3.8) is 0 Å². The van der Waals surface area contributed by atoms with Crippen molar-refractivity contribution in [3.8, 4) is 0 Å². The fourth-order valence-corrected chi connectivity index (χ4v) is 0.897. The number of hydrogen-bond donors (Lipinski definition) is 2. The van der Waals surface area contributed by atoms with Crippen LogP contribution in [-0.4, -0.2) is 32.1 Å². The second-order valence-electron chi connectivity index (χ2n) is 2.63. The highest BCUT2D eigenvalue weighted by molar-refractivity contribution is 5.73. The lowest BCUT2D eigenvalue weighted by Crippen LogP contribution is -2.22. The Hall–Kier alpha value is -1.43. The van der Waals surface area contributed by atoms with Gasteiger partial charge in [-0.2, -0.15) is 5.10 Å². The molecular formula is C7H9FN2O3. The molecule has 0 aliphatic rings. The number of halogens is 1. The van der Waals surface area contributed by atoms with E-state index in [1.807, 2.05) is 0 Å². The third kappa shape index (κ3) is 2.03. The first-order valence-electron chi connectivity index (χ1n) is 3.56. The summed E-state index contributed by atoms with van der Waals surface area (Å²) in [5.74, 6) is -1.68. The van der Waals surface area contributed by atoms with Crippen LogP contribution in [0.2, 0.25) is 0 Å². The number of hydrogen-bond acceptors (Lipinski definition) is 3. The average Bonchev–Trinajstić information content (AvgIpc) is 2.49. The van der Waals surface area contributed by atoms with E-state index in [1.165, 1.54) is 17.1 Å². The normalized spacial score (nSPS) is 15.3. The summed E-state index contributed by atoms with van der Waals surface area (Å²) in [6, 6.07) is 0. The maximum Gasteiger partial charge on any atom is 0.341 e. The molecule has 0 fully saturated rings. The van der Waals surface area contributed by atoms with Gasteiger partial charge < -0.3 is 10.2 Å². The topological polar surface area (TPSA) is 75.4 Å². The lowest BCUT2D eigenvalue weighted by molar-refractivity contribution is -0.147. The van der Waals surface area contributed by atoms with Gasteiger partial charge in [-0.1, -0.05) is 0 Å². The first kappa shape index (κ1) is 9.66. The Bertz CT molecular complexity index is 312. The summed E-state index contributed by atoms with van der Waals surface area (Å²) in [5.41, 5.74) is 0.150. The molecule has 1 aromatic heterocycles. The zero-order chi connectivity index (χ0) is 10.0. The Balaban J connectivity index is 2.78. The molecule has 0 aromatic carbocycles. The van der Waals surface area contributed by atoms with Crippen molar-refractivity contribution in [2.45, 2.75) is 12.3 Å². The van der Waals surface area contributed by atoms with E-state index in [2.05, 4.69) is 5.10 Å². The molecule has 1 rings (SSSR count). The van der Waals surface area contributed by atoms with E-state index in [4.69, 9.17) is 10.2 Å². The van der Waals surface area contributed by atoms with Gasteiger partial charge in [-0.25, -0.2) is 9.18 Å². The molecule has 6 heteroatoms. The quantitative estimate of drug-likeness (QED) is 0.693. The fourth-order valence-electron chi connectivity index (χ4n) is 0.897. The van der Waals surface area contributed by atoms with E-state index in [9.17, 15) is 9.18 Å². The summed E-state index contributed by atoms with van der Waals surface area (Å²) in [6.45, 7) is 0. The molecule has 0 bridgehead atoms. The summed E-state index contributed by atoms with van der Waals surface area (Å²) < 4.78 is 14.1. The van der Waals surface area contributed by atoms with E-state index >= 15 is 0 Å². The van der Waals surface area contributed by atoms with Crippen molar-refractivity contribution in [2.24, 2.45) is 7.05 Å². The molecule has 0 radical (unpaired) electrons. The van der Waals surface area contributed by atoms with Crippen LogP contribution in [-0.2, 0) is 11.8 Å². The number of aryl methyl sites for hydroxylation is 1. The Labute approximate surface area is 73.4 Å². The summed E-state index contributed by atoms with van der Waals surface area (Å²) in [7, 11) is 1.59. The minimum atomic E-state index is -2.32. The molecule has 13 heavy (non-hydrogen) atoms. The van der Waals surface area contributed by atoms with Gasteiger partial charge in [0.1, 0.15) is 6.10 Å². The Morgan fingerprint density at radius 3 is 2.77 bits per heavy atom. The molecule has 0 saturated heterocycles. The molecule has 1 heterocycles. The SMILES string of the molecule is Cn1cc(C(O)C(F)C(=O)O)cn1. The maximum atomic E-state index is 12.7. The van der Waals surface area contributed by atoms with Crippen molar-refractivity contribution in [1.29, 1.82) is 0 Å². The van der Waals surface area contributed by atoms with Crippen LogP contribution < -0.4 is 0 Å². The first-order chi connectivity index (χ1) is 6.02. The highest BCUT2D eigenvalue weighted by Crippen LogP contribution is 2.18. The largest absolute Gasteiger partial charge is 0.479 e. The van der Waals surface area contributed by atoms with E-state index in [0.717, 1.165) is 0 Å². The highest BCUT2D eigenvalue weighted by Gasteiger charge is 2.27. The number of carbonyl (C=O) groups is 1. The molecule has 2 atom stereocenters. The van der Waals surface area contributed by atoms with E-state index in [1.54, 1.807) is 7.05 Å². The summed E-state index contributed by atoms with van der Waals surface area (Å²) in [6.07, 6.45) is -1.39. The van der Waals surface area contributed by atoms with Gasteiger partial charge in [0.05, 0.1) is 6.20 Å². The molecule has 0 aliphatic carbocycles. The van der Waals surface area contributed by atoms with E-state index in [-0.39, 0.29) is 5.56 Å². The molecule has 2 unspecified atom stereocenters. The monoisotopic (exact) mass is 188 g/mol. The van der Waals surface area contributed by atoms with Gasteiger partial charge in [-0.15, -0.1) is 0 Å². The Morgan fingerprint density at radius 2 is 2.38 bits per heavy atom. The highest BCUT2D eigenvalue weighted by atomic mass is 19.1. The number of aliphatic hydroxyl groups excluding tert-OH is 1. The van der Waals surface area contributed by atoms with Crippen LogP contribution in [0.5, 0.6) is 0 Å². The molecule has 2 N–H and O–H groups in total. The van der Waals surface area contributed by atoms with Crippen LogP contribution in [0, 0.1) is 0 Å². The molecule has 72 valence electrons. The first-order valence-corrected chi connectivity index (χ1v) is 3.56. The minimum Gasteiger partial charge on any atom is -0.479 e. The van der Waals surface area contributed by atoms with Gasteiger partial charge in [-0.05, 0) is 0 Å². The second kappa shape index (κ2) is 3.53. The second-order valence-corrected chi connectivity index (χ2v) is 2.63. The maximum absolute atomic E-state index is 12.7. The smallest absolute Gasteiger partial charge is 0.341 e. The molecule has 5 nitrogen and oxygen atoms in total. The van der Waals surface area contributed by atoms with Crippen molar-refractivity contribution in [1.82, 2.24) is 9.78 Å². The third-order valence-corrected chi connectivity index (χ3v) is 1.58. The molecule has 0 aliphatic heterocycles. The average molecular weight is 188 g/mol. The summed E-state index contributed by atoms with van der Waals surface area (Å²) in [5, 5.41) is 21.1. The third-order valence-electron chi connectivity index (χ3n) is 1.58. The van der Waals surface area contributed by atoms with Crippen LogP contribution in [0.25, 0.3) is 0 Å². The minimum absolute atomic E-state index is 0.150. The van der Waals surface area contributed by atoms with Gasteiger partial charge in [0.2, 0.25) is 6.17 Å². The Morgan fingerprint density at radius 1 is 1.77 bits per heavy atom. The number of aliphatic carboxylic acids is 1. The van der Waals surface area contributed by atoms with E-state index < -0.39 is 18.2 Å². The predicted molar refractivity (Wildman–Crippen MR) is 40.7 cm³/mol. The van der Waals surface area contributed by atoms with E-state index in [0.29, 0.717) is 0 Å². The van der Waals surface area contributed by atoms with Crippen molar-refractivity contribution < 1.29 is 19.4 Å². The van der Waals surface area contributed by atoms with Gasteiger partial charge >= 0.3 is 5.97 Å². The lowest BCUT2D eigenvalue weighted by Gasteiger charge is -2.08. The lowest BCUT2D eigenvalue weighted by atomic mass is 10.1. The molecule has 1 aromatic rings. The van der Waals surface area contributed by atoms with Crippen LogP contribution in [0.1, 0.15) is 11.7 Å². The van der Waals surface area contributed by atoms with Crippen LogP contribution in [0.15, 0.2) is 12.4 Å². The number of nitrogens with zero attached hydrogens (tertiary/aromatic N) is 2. The molecule has 0 saturated carbocycles. The zero-order valence-corrected chi connectivity index (χ0v) is 6.88. The molecule has 0 amide bonds. The fraction of sp³-hybridized carbons (Fsp3) is 0.429. The van der Waals surface area contributed by atoms with Gasteiger partial charge in [-0.3, -0.25) is 4.68 Å². The van der Waals surface area contributed by atoms with Gasteiger partial charge in [0.25, 0.3) is 0 Å². The predicted octanol–water partition coefficient (Wildman–Crippen LogP) is -0.124. The number of alkyl halides is 1. The number of aliphatic hydroxyl groups is 1. The number of aromatic nitrogens is 2. The van der Waals surface area contributed by atoms with Gasteiger partial charge in [0, 0.05) is 18.8 Å².